The summed E-state index contributed by atoms with van der Waals surface area (Å²) in [5.74, 6) is 2.07. The fraction of sp³-hybridized carbons (Fsp3) is 0.304. The van der Waals surface area contributed by atoms with Crippen LogP contribution in [0.1, 0.15) is 31.7 Å². The van der Waals surface area contributed by atoms with Crippen LogP contribution in [0.4, 0.5) is 11.5 Å². The Labute approximate surface area is 170 Å². The highest BCUT2D eigenvalue weighted by atomic mass is 16.5. The number of nitrogens with zero attached hydrogens (tertiary/aromatic N) is 1. The number of anilines is 2. The van der Waals surface area contributed by atoms with E-state index in [-0.39, 0.29) is 11.8 Å². The fourth-order valence-corrected chi connectivity index (χ4v) is 3.36. The van der Waals surface area contributed by atoms with Gasteiger partial charge >= 0.3 is 0 Å². The number of para-hydroxylation sites is 2. The molecule has 3 heterocycles. The van der Waals surface area contributed by atoms with Crippen molar-refractivity contribution in [1.29, 1.82) is 0 Å². The van der Waals surface area contributed by atoms with Gasteiger partial charge in [0, 0.05) is 18.3 Å². The summed E-state index contributed by atoms with van der Waals surface area (Å²) in [6, 6.07) is 11.4. The third kappa shape index (κ3) is 4.59. The normalized spacial score (nSPS) is 19.8. The van der Waals surface area contributed by atoms with Gasteiger partial charge in [-0.25, -0.2) is 4.98 Å². The van der Waals surface area contributed by atoms with E-state index >= 15 is 0 Å². The maximum atomic E-state index is 13.0. The van der Waals surface area contributed by atoms with E-state index in [9.17, 15) is 4.79 Å². The molecule has 2 aromatic rings. The Kier molecular flexibility index (Phi) is 5.79. The molecule has 6 nitrogen and oxygen atoms in total. The van der Waals surface area contributed by atoms with Gasteiger partial charge in [0.15, 0.2) is 0 Å². The lowest BCUT2D eigenvalue weighted by atomic mass is 9.97. The molecule has 2 N–H and O–H groups in total. The monoisotopic (exact) mass is 391 g/mol. The van der Waals surface area contributed by atoms with Gasteiger partial charge in [0.2, 0.25) is 0 Å². The summed E-state index contributed by atoms with van der Waals surface area (Å²) >= 11 is 0. The van der Waals surface area contributed by atoms with Gasteiger partial charge in [-0.2, -0.15) is 0 Å². The lowest BCUT2D eigenvalue weighted by Crippen LogP contribution is -2.19. The van der Waals surface area contributed by atoms with Crippen LogP contribution in [0.5, 0.6) is 5.75 Å². The molecule has 1 atom stereocenters. The maximum absolute atomic E-state index is 13.0. The summed E-state index contributed by atoms with van der Waals surface area (Å²) in [5.41, 5.74) is 2.20. The molecule has 6 heteroatoms. The van der Waals surface area contributed by atoms with Crippen LogP contribution < -0.4 is 15.4 Å². The first-order chi connectivity index (χ1) is 14.2. The molecule has 0 spiro atoms. The standard InChI is InChI=1S/C23H25N3O3/c1-16-8-9-20-17-10-12-25-22(14-17)24-11-4-5-13-28-21-7-3-2-6-19(21)26-23(27)18(16)15-29-20/h2-3,6-7,9-10,12,14-16H,4-5,8,11,13H2,1H3,(H,24,25)(H,26,27). The minimum Gasteiger partial charge on any atom is -0.491 e. The lowest BCUT2D eigenvalue weighted by molar-refractivity contribution is -0.113. The predicted octanol–water partition coefficient (Wildman–Crippen LogP) is 4.59. The van der Waals surface area contributed by atoms with E-state index in [1.54, 1.807) is 12.5 Å². The quantitative estimate of drug-likeness (QED) is 0.687. The molecule has 1 unspecified atom stereocenters. The number of fused-ring (bicyclic) bond motifs is 6. The summed E-state index contributed by atoms with van der Waals surface area (Å²) in [6.07, 6.45) is 7.90. The van der Waals surface area contributed by atoms with E-state index in [1.807, 2.05) is 49.4 Å². The van der Waals surface area contributed by atoms with Gasteiger partial charge in [0.05, 0.1) is 17.9 Å². The van der Waals surface area contributed by atoms with Crippen molar-refractivity contribution >= 4 is 23.2 Å². The number of benzene rings is 1. The molecule has 4 rings (SSSR count). The number of allylic oxidation sites excluding steroid dienone is 1. The molecular weight excluding hydrogens is 366 g/mol. The number of carbonyl (C=O) groups excluding carboxylic acids is 1. The molecule has 0 aliphatic carbocycles. The van der Waals surface area contributed by atoms with Gasteiger partial charge in [-0.3, -0.25) is 4.79 Å². The molecule has 1 aromatic heterocycles. The Bertz CT molecular complexity index is 952. The highest BCUT2D eigenvalue weighted by Crippen LogP contribution is 2.30. The molecule has 29 heavy (non-hydrogen) atoms. The summed E-state index contributed by atoms with van der Waals surface area (Å²) < 4.78 is 11.8. The Morgan fingerprint density at radius 1 is 1.17 bits per heavy atom. The van der Waals surface area contributed by atoms with Gasteiger partial charge in [0.1, 0.15) is 23.6 Å². The van der Waals surface area contributed by atoms with E-state index in [0.717, 1.165) is 36.5 Å². The van der Waals surface area contributed by atoms with E-state index in [0.29, 0.717) is 30.0 Å². The van der Waals surface area contributed by atoms with Crippen molar-refractivity contribution in [3.05, 3.63) is 66.1 Å². The number of hydrogen-bond acceptors (Lipinski definition) is 5. The van der Waals surface area contributed by atoms with Crippen LogP contribution in [-0.2, 0) is 9.53 Å². The molecule has 0 saturated heterocycles. The third-order valence-corrected chi connectivity index (χ3v) is 5.08. The second kappa shape index (κ2) is 8.82. The number of rotatable bonds is 0. The van der Waals surface area contributed by atoms with E-state index < -0.39 is 0 Å². The van der Waals surface area contributed by atoms with Crippen molar-refractivity contribution in [3.63, 3.8) is 0 Å². The van der Waals surface area contributed by atoms with Crippen molar-refractivity contribution in [3.8, 4) is 5.75 Å². The molecule has 0 fully saturated rings. The minimum atomic E-state index is -0.176. The van der Waals surface area contributed by atoms with Crippen LogP contribution in [0.25, 0.3) is 5.76 Å². The number of hydrogen-bond donors (Lipinski definition) is 2. The molecule has 1 amide bonds. The molecule has 2 aliphatic rings. The van der Waals surface area contributed by atoms with Gasteiger partial charge < -0.3 is 20.1 Å². The third-order valence-electron chi connectivity index (χ3n) is 5.08. The average molecular weight is 391 g/mol. The molecule has 150 valence electrons. The van der Waals surface area contributed by atoms with Crippen molar-refractivity contribution in [2.45, 2.75) is 26.2 Å². The molecule has 4 bridgehead atoms. The van der Waals surface area contributed by atoms with Gasteiger partial charge in [-0.1, -0.05) is 19.1 Å². The largest absolute Gasteiger partial charge is 0.491 e. The topological polar surface area (TPSA) is 72.5 Å². The zero-order chi connectivity index (χ0) is 20.1. The Hall–Kier alpha value is -3.28. The number of carbonyl (C=O) groups is 1. The molecular formula is C23H25N3O3. The second-order valence-electron chi connectivity index (χ2n) is 7.26. The van der Waals surface area contributed by atoms with Crippen molar-refractivity contribution in [1.82, 2.24) is 4.98 Å². The maximum Gasteiger partial charge on any atom is 0.255 e. The first-order valence-electron chi connectivity index (χ1n) is 10.0. The number of nitrogens with one attached hydrogen (secondary N) is 2. The fourth-order valence-electron chi connectivity index (χ4n) is 3.36. The Morgan fingerprint density at radius 2 is 2.07 bits per heavy atom. The summed E-state index contributed by atoms with van der Waals surface area (Å²) in [7, 11) is 0. The van der Waals surface area contributed by atoms with E-state index in [4.69, 9.17) is 9.47 Å². The average Bonchev–Trinajstić information content (AvgIpc) is 2.93. The Balaban J connectivity index is 1.65. The summed E-state index contributed by atoms with van der Waals surface area (Å²) in [4.78, 5) is 17.3. The van der Waals surface area contributed by atoms with E-state index in [2.05, 4.69) is 15.6 Å². The first kappa shape index (κ1) is 19.1. The summed E-state index contributed by atoms with van der Waals surface area (Å²) in [5, 5.41) is 6.34. The van der Waals surface area contributed by atoms with Crippen LogP contribution in [-0.4, -0.2) is 24.0 Å². The SMILES string of the molecule is CC1CC=C2OC=C1C(=O)Nc1ccccc1OCCCCNc1cc2ccn1. The van der Waals surface area contributed by atoms with Gasteiger partial charge in [-0.15, -0.1) is 0 Å². The zero-order valence-corrected chi connectivity index (χ0v) is 16.5. The lowest BCUT2D eigenvalue weighted by Gasteiger charge is -2.15. The van der Waals surface area contributed by atoms with Crippen molar-refractivity contribution in [2.24, 2.45) is 5.92 Å². The highest BCUT2D eigenvalue weighted by molar-refractivity contribution is 6.04. The molecule has 0 radical (unpaired) electrons. The van der Waals surface area contributed by atoms with Crippen molar-refractivity contribution < 1.29 is 14.3 Å². The number of amides is 1. The smallest absolute Gasteiger partial charge is 0.255 e. The summed E-state index contributed by atoms with van der Waals surface area (Å²) in [6.45, 7) is 3.41. The van der Waals surface area contributed by atoms with Crippen LogP contribution in [0.2, 0.25) is 0 Å². The molecule has 0 saturated carbocycles. The number of ether oxygens (including phenoxy) is 2. The van der Waals surface area contributed by atoms with Crippen LogP contribution in [0, 0.1) is 5.92 Å². The van der Waals surface area contributed by atoms with Crippen LogP contribution in [0.15, 0.2) is 60.5 Å². The predicted molar refractivity (Wildman–Crippen MR) is 113 cm³/mol. The highest BCUT2D eigenvalue weighted by Gasteiger charge is 2.22. The minimum absolute atomic E-state index is 0.0268. The van der Waals surface area contributed by atoms with Gasteiger partial charge in [-0.05, 0) is 55.5 Å². The molecule has 1 aromatic carbocycles. The van der Waals surface area contributed by atoms with Gasteiger partial charge in [0.25, 0.3) is 5.91 Å². The van der Waals surface area contributed by atoms with Crippen molar-refractivity contribution in [2.75, 3.05) is 23.8 Å². The van der Waals surface area contributed by atoms with Crippen LogP contribution >= 0.6 is 0 Å². The van der Waals surface area contributed by atoms with E-state index in [1.165, 1.54) is 0 Å². The number of aromatic nitrogens is 1. The number of pyridine rings is 1. The second-order valence-corrected chi connectivity index (χ2v) is 7.26. The van der Waals surface area contributed by atoms with Crippen LogP contribution in [0.3, 0.4) is 0 Å². The zero-order valence-electron chi connectivity index (χ0n) is 16.5. The molecule has 2 aliphatic heterocycles. The first-order valence-corrected chi connectivity index (χ1v) is 10.0. The Morgan fingerprint density at radius 3 is 3.00 bits per heavy atom.